The molecule has 0 amide bonds. The fourth-order valence-electron chi connectivity index (χ4n) is 2.56. The molecule has 144 valence electrons. The Morgan fingerprint density at radius 1 is 1.30 bits per heavy atom. The number of nitrogens with zero attached hydrogens (tertiary/aromatic N) is 6. The number of carbonyl (C=O) groups excluding carboxylic acids is 1. The van der Waals surface area contributed by atoms with Crippen LogP contribution in [0, 0.1) is 5.41 Å². The van der Waals surface area contributed by atoms with Crippen molar-refractivity contribution in [2.45, 2.75) is 34.2 Å². The molecular formula is C17H21BrN6O3. The highest BCUT2D eigenvalue weighted by atomic mass is 79.9. The molecule has 3 rings (SSSR count). The van der Waals surface area contributed by atoms with Crippen molar-refractivity contribution in [1.29, 1.82) is 0 Å². The number of rotatable bonds is 5. The highest BCUT2D eigenvalue weighted by Gasteiger charge is 2.22. The number of esters is 1. The largest absolute Gasteiger partial charge is 0.479 e. The summed E-state index contributed by atoms with van der Waals surface area (Å²) in [4.78, 5) is 20.8. The first-order valence-corrected chi connectivity index (χ1v) is 9.23. The molecule has 9 nitrogen and oxygen atoms in total. The predicted molar refractivity (Wildman–Crippen MR) is 102 cm³/mol. The minimum atomic E-state index is -0.448. The van der Waals surface area contributed by atoms with Gasteiger partial charge in [-0.15, -0.1) is 0 Å². The van der Waals surface area contributed by atoms with Crippen LogP contribution in [0.2, 0.25) is 0 Å². The van der Waals surface area contributed by atoms with Crippen LogP contribution in [-0.4, -0.2) is 49.2 Å². The van der Waals surface area contributed by atoms with Crippen molar-refractivity contribution < 1.29 is 14.3 Å². The van der Waals surface area contributed by atoms with Crippen LogP contribution in [0.25, 0.3) is 17.0 Å². The molecule has 0 fully saturated rings. The molecule has 0 aliphatic rings. The molecule has 3 aromatic rings. The van der Waals surface area contributed by atoms with Gasteiger partial charge in [0.1, 0.15) is 5.52 Å². The van der Waals surface area contributed by atoms with Crippen LogP contribution >= 0.6 is 15.9 Å². The van der Waals surface area contributed by atoms with E-state index in [0.29, 0.717) is 40.2 Å². The average molecular weight is 437 g/mol. The van der Waals surface area contributed by atoms with Crippen molar-refractivity contribution in [1.82, 2.24) is 29.5 Å². The van der Waals surface area contributed by atoms with Crippen molar-refractivity contribution in [2.75, 3.05) is 13.7 Å². The highest BCUT2D eigenvalue weighted by molar-refractivity contribution is 9.10. The van der Waals surface area contributed by atoms with E-state index in [2.05, 4.69) is 56.9 Å². The smallest absolute Gasteiger partial charge is 0.341 e. The molecule has 27 heavy (non-hydrogen) atoms. The Morgan fingerprint density at radius 3 is 2.67 bits per heavy atom. The lowest BCUT2D eigenvalue weighted by molar-refractivity contribution is 0.0526. The summed E-state index contributed by atoms with van der Waals surface area (Å²) in [6, 6.07) is 0. The lowest BCUT2D eigenvalue weighted by Crippen LogP contribution is -2.17. The lowest BCUT2D eigenvalue weighted by atomic mass is 9.97. The minimum absolute atomic E-state index is 0.0125. The number of ether oxygens (including phenoxy) is 2. The normalized spacial score (nSPS) is 11.8. The van der Waals surface area contributed by atoms with Crippen LogP contribution in [0.4, 0.5) is 0 Å². The number of carbonyl (C=O) groups is 1. The maximum atomic E-state index is 11.9. The summed E-state index contributed by atoms with van der Waals surface area (Å²) < 4.78 is 14.3. The van der Waals surface area contributed by atoms with E-state index in [0.717, 1.165) is 0 Å². The first-order chi connectivity index (χ1) is 12.7. The second-order valence-electron chi connectivity index (χ2n) is 7.13. The first kappa shape index (κ1) is 19.3. The van der Waals surface area contributed by atoms with Gasteiger partial charge in [0.15, 0.2) is 10.1 Å². The Labute approximate surface area is 164 Å². The second-order valence-corrected chi connectivity index (χ2v) is 7.88. The lowest BCUT2D eigenvalue weighted by Gasteiger charge is -2.18. The van der Waals surface area contributed by atoms with Gasteiger partial charge >= 0.3 is 5.97 Å². The molecule has 0 N–H and O–H groups in total. The maximum absolute atomic E-state index is 11.9. The van der Waals surface area contributed by atoms with Gasteiger partial charge in [-0.25, -0.2) is 14.5 Å². The van der Waals surface area contributed by atoms with Crippen molar-refractivity contribution in [3.8, 4) is 11.8 Å². The Morgan fingerprint density at radius 2 is 2.04 bits per heavy atom. The van der Waals surface area contributed by atoms with Crippen LogP contribution in [-0.2, 0) is 11.3 Å². The van der Waals surface area contributed by atoms with Crippen molar-refractivity contribution in [3.63, 3.8) is 0 Å². The zero-order valence-corrected chi connectivity index (χ0v) is 17.4. The van der Waals surface area contributed by atoms with E-state index in [4.69, 9.17) is 9.47 Å². The van der Waals surface area contributed by atoms with Gasteiger partial charge in [-0.05, 0) is 28.3 Å². The highest BCUT2D eigenvalue weighted by Crippen LogP contribution is 2.31. The zero-order chi connectivity index (χ0) is 19.8. The van der Waals surface area contributed by atoms with E-state index in [1.165, 1.54) is 17.1 Å². The minimum Gasteiger partial charge on any atom is -0.479 e. The Kier molecular flexibility index (Phi) is 5.18. The number of halogens is 1. The van der Waals surface area contributed by atoms with Crippen LogP contribution in [0.15, 0.2) is 17.0 Å². The van der Waals surface area contributed by atoms with Gasteiger partial charge in [-0.3, -0.25) is 4.68 Å². The quantitative estimate of drug-likeness (QED) is 0.566. The molecule has 0 saturated heterocycles. The van der Waals surface area contributed by atoms with Crippen molar-refractivity contribution in [3.05, 3.63) is 22.6 Å². The summed E-state index contributed by atoms with van der Waals surface area (Å²) in [5, 5.41) is 8.68. The summed E-state index contributed by atoms with van der Waals surface area (Å²) >= 11 is 3.46. The first-order valence-electron chi connectivity index (χ1n) is 8.43. The topological polar surface area (TPSA) is 96.9 Å². The molecule has 3 aromatic heterocycles. The molecule has 0 spiro atoms. The van der Waals surface area contributed by atoms with Gasteiger partial charge in [-0.1, -0.05) is 20.8 Å². The monoisotopic (exact) mass is 436 g/mol. The molecule has 10 heteroatoms. The van der Waals surface area contributed by atoms with Crippen LogP contribution < -0.4 is 4.74 Å². The van der Waals surface area contributed by atoms with Gasteiger partial charge in [0.05, 0.1) is 25.5 Å². The fourth-order valence-corrected chi connectivity index (χ4v) is 3.03. The summed E-state index contributed by atoms with van der Waals surface area (Å²) in [6.45, 7) is 9.07. The summed E-state index contributed by atoms with van der Waals surface area (Å²) in [7, 11) is 1.54. The van der Waals surface area contributed by atoms with Crippen LogP contribution in [0.3, 0.4) is 0 Å². The number of fused-ring (bicyclic) bond motifs is 1. The van der Waals surface area contributed by atoms with Gasteiger partial charge in [-0.2, -0.15) is 15.2 Å². The SMILES string of the molecule is CCOC(=O)c1cnn(-c2nc(OC)c3c(n2)c(Br)nn3CC(C)(C)C)c1. The molecule has 0 aromatic carbocycles. The third-order valence-corrected chi connectivity index (χ3v) is 4.15. The molecule has 0 aliphatic carbocycles. The van der Waals surface area contributed by atoms with E-state index < -0.39 is 5.97 Å². The number of hydrogen-bond donors (Lipinski definition) is 0. The summed E-state index contributed by atoms with van der Waals surface area (Å²) in [5.74, 6) is 0.201. The zero-order valence-electron chi connectivity index (χ0n) is 15.9. The van der Waals surface area contributed by atoms with E-state index >= 15 is 0 Å². The molecule has 0 unspecified atom stereocenters. The molecule has 0 aliphatic heterocycles. The molecular weight excluding hydrogens is 416 g/mol. The Balaban J connectivity index is 2.09. The number of aromatic nitrogens is 6. The number of methoxy groups -OCH3 is 1. The summed E-state index contributed by atoms with van der Waals surface area (Å²) in [5.41, 5.74) is 1.63. The van der Waals surface area contributed by atoms with Gasteiger partial charge in [0.2, 0.25) is 5.88 Å². The average Bonchev–Trinajstić information content (AvgIpc) is 3.19. The summed E-state index contributed by atoms with van der Waals surface area (Å²) in [6.07, 6.45) is 2.93. The fraction of sp³-hybridized carbons (Fsp3) is 0.471. The molecule has 0 bridgehead atoms. The van der Waals surface area contributed by atoms with Crippen molar-refractivity contribution in [2.24, 2.45) is 5.41 Å². The van der Waals surface area contributed by atoms with E-state index in [1.807, 2.05) is 4.68 Å². The van der Waals surface area contributed by atoms with Gasteiger partial charge in [0.25, 0.3) is 5.95 Å². The molecule has 0 atom stereocenters. The molecule has 0 saturated carbocycles. The molecule has 0 radical (unpaired) electrons. The molecule has 3 heterocycles. The third-order valence-electron chi connectivity index (χ3n) is 3.62. The maximum Gasteiger partial charge on any atom is 0.341 e. The third kappa shape index (κ3) is 3.95. The standard InChI is InChI=1S/C17H21BrN6O3/c1-6-27-15(25)10-7-19-23(8-10)16-20-11-12(14(21-16)26-5)24(22-13(11)18)9-17(2,3)4/h7-8H,6,9H2,1-5H3. The predicted octanol–water partition coefficient (Wildman–Crippen LogP) is 3.01. The van der Waals surface area contributed by atoms with E-state index in [9.17, 15) is 4.79 Å². The number of hydrogen-bond acceptors (Lipinski definition) is 7. The van der Waals surface area contributed by atoms with Gasteiger partial charge in [0, 0.05) is 12.7 Å². The Bertz CT molecular complexity index is 989. The Hall–Kier alpha value is -2.49. The van der Waals surface area contributed by atoms with E-state index in [1.54, 1.807) is 14.0 Å². The van der Waals surface area contributed by atoms with Gasteiger partial charge < -0.3 is 9.47 Å². The van der Waals surface area contributed by atoms with Crippen molar-refractivity contribution >= 4 is 32.9 Å². The second kappa shape index (κ2) is 7.26. The van der Waals surface area contributed by atoms with E-state index in [-0.39, 0.29) is 11.4 Å². The van der Waals surface area contributed by atoms with Crippen LogP contribution in [0.5, 0.6) is 5.88 Å². The van der Waals surface area contributed by atoms with Crippen LogP contribution in [0.1, 0.15) is 38.1 Å².